The van der Waals surface area contributed by atoms with E-state index in [1.165, 1.54) is 10.4 Å². The quantitative estimate of drug-likeness (QED) is 0.842. The van der Waals surface area contributed by atoms with Gasteiger partial charge in [-0.25, -0.2) is 4.98 Å². The van der Waals surface area contributed by atoms with E-state index in [2.05, 4.69) is 41.4 Å². The van der Waals surface area contributed by atoms with Gasteiger partial charge >= 0.3 is 0 Å². The number of aromatic nitrogens is 1. The van der Waals surface area contributed by atoms with Crippen molar-refractivity contribution in [2.24, 2.45) is 5.41 Å². The van der Waals surface area contributed by atoms with Crippen molar-refractivity contribution in [3.05, 3.63) is 46.5 Å². The van der Waals surface area contributed by atoms with Crippen LogP contribution in [-0.4, -0.2) is 42.2 Å². The standard InChI is InChI=1S/C22H27N3O2S/c1-14-15(2)28-21(23-14)25-12-22(13-25,11-16-6-4-3-5-7-16)20(26)24-18-10-17-8-9-19(18)27-17/h3-7,17-19H,8-13H2,1-2H3,(H,24,26)/t17-,18+,19+/m0/s1. The molecule has 0 unspecified atom stereocenters. The molecular formula is C22H27N3O2S. The second-order valence-corrected chi connectivity index (χ2v) is 9.81. The highest BCUT2D eigenvalue weighted by Crippen LogP contribution is 2.41. The Bertz CT molecular complexity index is 856. The van der Waals surface area contributed by atoms with E-state index in [1.807, 2.05) is 13.0 Å². The Kier molecular flexibility index (Phi) is 4.43. The number of fused-ring (bicyclic) bond motifs is 2. The Hall–Kier alpha value is -1.92. The summed E-state index contributed by atoms with van der Waals surface area (Å²) in [6.45, 7) is 5.60. The molecule has 1 N–H and O–H groups in total. The van der Waals surface area contributed by atoms with E-state index in [0.717, 1.165) is 49.6 Å². The number of aryl methyl sites for hydroxylation is 2. The summed E-state index contributed by atoms with van der Waals surface area (Å²) in [5.74, 6) is 0.179. The minimum Gasteiger partial charge on any atom is -0.373 e. The van der Waals surface area contributed by atoms with E-state index in [1.54, 1.807) is 11.3 Å². The molecule has 0 aliphatic carbocycles. The molecule has 6 heteroatoms. The molecule has 3 aliphatic heterocycles. The van der Waals surface area contributed by atoms with Gasteiger partial charge in [-0.2, -0.15) is 0 Å². The summed E-state index contributed by atoms with van der Waals surface area (Å²) >= 11 is 1.72. The lowest BCUT2D eigenvalue weighted by Gasteiger charge is -2.49. The molecule has 3 fully saturated rings. The highest BCUT2D eigenvalue weighted by atomic mass is 32.1. The lowest BCUT2D eigenvalue weighted by atomic mass is 9.73. The van der Waals surface area contributed by atoms with Crippen molar-refractivity contribution in [2.75, 3.05) is 18.0 Å². The highest BCUT2D eigenvalue weighted by molar-refractivity contribution is 7.15. The summed E-state index contributed by atoms with van der Waals surface area (Å²) in [6.07, 6.45) is 4.50. The van der Waals surface area contributed by atoms with Crippen LogP contribution in [-0.2, 0) is 16.0 Å². The molecule has 0 saturated carbocycles. The Labute approximate surface area is 170 Å². The van der Waals surface area contributed by atoms with Gasteiger partial charge in [0.2, 0.25) is 5.91 Å². The number of amides is 1. The summed E-state index contributed by atoms with van der Waals surface area (Å²) in [7, 11) is 0. The maximum Gasteiger partial charge on any atom is 0.230 e. The van der Waals surface area contributed by atoms with Crippen LogP contribution < -0.4 is 10.2 Å². The van der Waals surface area contributed by atoms with Crippen molar-refractivity contribution in [1.29, 1.82) is 0 Å². The Morgan fingerprint density at radius 1 is 1.29 bits per heavy atom. The number of thiazole rings is 1. The number of benzene rings is 1. The number of hydrogen-bond donors (Lipinski definition) is 1. The average Bonchev–Trinajstić information content (AvgIpc) is 3.35. The van der Waals surface area contributed by atoms with Gasteiger partial charge in [0.05, 0.1) is 29.4 Å². The summed E-state index contributed by atoms with van der Waals surface area (Å²) in [6, 6.07) is 10.5. The van der Waals surface area contributed by atoms with Crippen LogP contribution in [0.1, 0.15) is 35.4 Å². The molecule has 0 radical (unpaired) electrons. The maximum atomic E-state index is 13.4. The number of carbonyl (C=O) groups excluding carboxylic acids is 1. The third kappa shape index (κ3) is 3.12. The fourth-order valence-electron chi connectivity index (χ4n) is 4.84. The first-order valence-corrected chi connectivity index (χ1v) is 11.0. The van der Waals surface area contributed by atoms with Gasteiger partial charge in [-0.1, -0.05) is 30.3 Å². The van der Waals surface area contributed by atoms with E-state index in [-0.39, 0.29) is 18.1 Å². The van der Waals surface area contributed by atoms with Crippen molar-refractivity contribution in [3.8, 4) is 0 Å². The first kappa shape index (κ1) is 18.1. The fraction of sp³-hybridized carbons (Fsp3) is 0.545. The minimum absolute atomic E-state index is 0.178. The van der Waals surface area contributed by atoms with Crippen molar-refractivity contribution in [2.45, 2.75) is 57.8 Å². The molecular weight excluding hydrogens is 370 g/mol. The SMILES string of the molecule is Cc1nc(N2CC(Cc3ccccc3)(C(=O)N[C@@H]3C[C@@H]4CC[C@H]3O4)C2)sc1C. The van der Waals surface area contributed by atoms with Crippen LogP contribution in [0.5, 0.6) is 0 Å². The average molecular weight is 398 g/mol. The van der Waals surface area contributed by atoms with Crippen molar-refractivity contribution < 1.29 is 9.53 Å². The summed E-state index contributed by atoms with van der Waals surface area (Å²) < 4.78 is 5.94. The van der Waals surface area contributed by atoms with Crippen LogP contribution in [0.15, 0.2) is 30.3 Å². The van der Waals surface area contributed by atoms with Crippen LogP contribution in [0.4, 0.5) is 5.13 Å². The van der Waals surface area contributed by atoms with Gasteiger partial charge < -0.3 is 15.0 Å². The normalized spacial score (nSPS) is 27.6. The lowest BCUT2D eigenvalue weighted by molar-refractivity contribution is -0.133. The molecule has 5 nitrogen and oxygen atoms in total. The van der Waals surface area contributed by atoms with E-state index in [0.29, 0.717) is 6.10 Å². The van der Waals surface area contributed by atoms with Gasteiger partial charge in [0.1, 0.15) is 0 Å². The minimum atomic E-state index is -0.392. The van der Waals surface area contributed by atoms with Crippen molar-refractivity contribution in [3.63, 3.8) is 0 Å². The fourth-order valence-corrected chi connectivity index (χ4v) is 5.75. The van der Waals surface area contributed by atoms with Crippen LogP contribution in [0.2, 0.25) is 0 Å². The zero-order chi connectivity index (χ0) is 19.3. The molecule has 28 heavy (non-hydrogen) atoms. The lowest BCUT2D eigenvalue weighted by Crippen LogP contribution is -2.66. The molecule has 4 heterocycles. The van der Waals surface area contributed by atoms with Gasteiger partial charge in [-0.05, 0) is 45.1 Å². The molecule has 3 saturated heterocycles. The summed E-state index contributed by atoms with van der Waals surface area (Å²) in [5, 5.41) is 4.39. The van der Waals surface area contributed by atoms with Gasteiger partial charge in [0.25, 0.3) is 0 Å². The van der Waals surface area contributed by atoms with Crippen molar-refractivity contribution >= 4 is 22.4 Å². The number of nitrogens with one attached hydrogen (secondary N) is 1. The van der Waals surface area contributed by atoms with Crippen LogP contribution >= 0.6 is 11.3 Å². The monoisotopic (exact) mass is 397 g/mol. The first-order chi connectivity index (χ1) is 13.5. The Morgan fingerprint density at radius 3 is 2.68 bits per heavy atom. The van der Waals surface area contributed by atoms with E-state index < -0.39 is 5.41 Å². The van der Waals surface area contributed by atoms with Crippen LogP contribution in [0.3, 0.4) is 0 Å². The largest absolute Gasteiger partial charge is 0.373 e. The third-order valence-electron chi connectivity index (χ3n) is 6.56. The summed E-state index contributed by atoms with van der Waals surface area (Å²) in [5.41, 5.74) is 1.91. The predicted molar refractivity (Wildman–Crippen MR) is 111 cm³/mol. The van der Waals surface area contributed by atoms with Gasteiger partial charge in [-0.3, -0.25) is 4.79 Å². The Morgan fingerprint density at radius 2 is 2.07 bits per heavy atom. The molecule has 1 aromatic carbocycles. The second kappa shape index (κ2) is 6.85. The first-order valence-electron chi connectivity index (χ1n) is 10.2. The second-order valence-electron chi connectivity index (χ2n) is 8.63. The predicted octanol–water partition coefficient (Wildman–Crippen LogP) is 3.25. The molecule has 5 rings (SSSR count). The molecule has 0 spiro atoms. The van der Waals surface area contributed by atoms with Gasteiger partial charge in [0.15, 0.2) is 5.13 Å². The number of carbonyl (C=O) groups is 1. The zero-order valence-electron chi connectivity index (χ0n) is 16.5. The third-order valence-corrected chi connectivity index (χ3v) is 7.70. The van der Waals surface area contributed by atoms with E-state index >= 15 is 0 Å². The van der Waals surface area contributed by atoms with Crippen molar-refractivity contribution in [1.82, 2.24) is 10.3 Å². The maximum absolute atomic E-state index is 13.4. The molecule has 2 aromatic rings. The van der Waals surface area contributed by atoms with Gasteiger partial charge in [-0.15, -0.1) is 11.3 Å². The van der Waals surface area contributed by atoms with E-state index in [9.17, 15) is 4.79 Å². The number of nitrogens with zero attached hydrogens (tertiary/aromatic N) is 2. The smallest absolute Gasteiger partial charge is 0.230 e. The number of ether oxygens (including phenoxy) is 1. The molecule has 3 atom stereocenters. The Balaban J connectivity index is 1.34. The molecule has 148 valence electrons. The number of rotatable bonds is 5. The van der Waals surface area contributed by atoms with Gasteiger partial charge in [0, 0.05) is 18.0 Å². The van der Waals surface area contributed by atoms with Crippen LogP contribution in [0.25, 0.3) is 0 Å². The van der Waals surface area contributed by atoms with E-state index in [4.69, 9.17) is 9.72 Å². The zero-order valence-corrected chi connectivity index (χ0v) is 17.3. The topological polar surface area (TPSA) is 54.5 Å². The molecule has 1 amide bonds. The number of hydrogen-bond acceptors (Lipinski definition) is 5. The molecule has 3 aliphatic rings. The molecule has 2 bridgehead atoms. The molecule has 1 aromatic heterocycles. The summed E-state index contributed by atoms with van der Waals surface area (Å²) in [4.78, 5) is 21.6. The number of anilines is 1. The van der Waals surface area contributed by atoms with Crippen LogP contribution in [0, 0.1) is 19.3 Å². The highest BCUT2D eigenvalue weighted by Gasteiger charge is 2.52.